The average molecular weight is 302 g/mol. The fourth-order valence-corrected chi connectivity index (χ4v) is 3.49. The minimum atomic E-state index is 0.0647. The van der Waals surface area contributed by atoms with Crippen LogP contribution in [0.3, 0.4) is 0 Å². The van der Waals surface area contributed by atoms with Crippen molar-refractivity contribution >= 4 is 17.2 Å². The molecular weight excluding hydrogens is 284 g/mol. The van der Waals surface area contributed by atoms with Gasteiger partial charge < -0.3 is 10.2 Å². The maximum atomic E-state index is 12.6. The minimum absolute atomic E-state index is 0.0647. The number of carbonyl (C=O) groups is 1. The second-order valence-corrected chi connectivity index (χ2v) is 6.45. The zero-order chi connectivity index (χ0) is 14.8. The number of carbonyl (C=O) groups excluding carboxylic acids is 1. The molecular formula is C15H18N4OS. The minimum Gasteiger partial charge on any atom is -0.335 e. The number of hydrogen-bond acceptors (Lipinski definition) is 5. The highest BCUT2D eigenvalue weighted by Gasteiger charge is 2.26. The van der Waals surface area contributed by atoms with Crippen LogP contribution < -0.4 is 5.32 Å². The molecule has 6 heteroatoms. The normalized spacial score (nSPS) is 22.3. The molecule has 2 unspecified atom stereocenters. The highest BCUT2D eigenvalue weighted by Crippen LogP contribution is 2.24. The van der Waals surface area contributed by atoms with Crippen LogP contribution in [0.5, 0.6) is 0 Å². The van der Waals surface area contributed by atoms with Gasteiger partial charge in [-0.25, -0.2) is 4.98 Å². The van der Waals surface area contributed by atoms with Crippen molar-refractivity contribution in [2.45, 2.75) is 25.9 Å². The molecule has 2 aromatic rings. The van der Waals surface area contributed by atoms with E-state index in [1.54, 1.807) is 12.4 Å². The summed E-state index contributed by atoms with van der Waals surface area (Å²) in [6.07, 6.45) is 3.40. The van der Waals surface area contributed by atoms with E-state index < -0.39 is 0 Å². The van der Waals surface area contributed by atoms with Crippen molar-refractivity contribution in [3.63, 3.8) is 0 Å². The summed E-state index contributed by atoms with van der Waals surface area (Å²) in [6.45, 7) is 5.67. The van der Waals surface area contributed by atoms with Crippen molar-refractivity contribution in [3.05, 3.63) is 35.5 Å². The lowest BCUT2D eigenvalue weighted by atomic mass is 10.1. The van der Waals surface area contributed by atoms with Gasteiger partial charge in [-0.1, -0.05) is 6.07 Å². The lowest BCUT2D eigenvalue weighted by molar-refractivity contribution is 0.0678. The van der Waals surface area contributed by atoms with Crippen LogP contribution in [0.15, 0.2) is 30.6 Å². The standard InChI is InChI=1S/C15H18N4OS/c1-10-8-19(9-11(2)18-10)15(20)13-7-17-14(21-13)12-5-3-4-6-16-12/h3-7,10-11,18H,8-9H2,1-2H3. The number of nitrogens with zero attached hydrogens (tertiary/aromatic N) is 3. The summed E-state index contributed by atoms with van der Waals surface area (Å²) in [7, 11) is 0. The summed E-state index contributed by atoms with van der Waals surface area (Å²) in [4.78, 5) is 23.8. The van der Waals surface area contributed by atoms with Gasteiger partial charge in [0, 0.05) is 31.4 Å². The number of piperazine rings is 1. The number of thiazole rings is 1. The molecule has 0 saturated carbocycles. The van der Waals surface area contributed by atoms with Gasteiger partial charge in [-0.2, -0.15) is 0 Å². The number of pyridine rings is 1. The van der Waals surface area contributed by atoms with Crippen molar-refractivity contribution in [1.82, 2.24) is 20.2 Å². The van der Waals surface area contributed by atoms with E-state index in [2.05, 4.69) is 29.1 Å². The first-order valence-corrected chi connectivity index (χ1v) is 7.87. The molecule has 0 radical (unpaired) electrons. The fraction of sp³-hybridized carbons (Fsp3) is 0.400. The summed E-state index contributed by atoms with van der Waals surface area (Å²) < 4.78 is 0. The smallest absolute Gasteiger partial charge is 0.265 e. The Morgan fingerprint density at radius 1 is 1.29 bits per heavy atom. The van der Waals surface area contributed by atoms with Gasteiger partial charge in [0.1, 0.15) is 9.88 Å². The second kappa shape index (κ2) is 5.91. The van der Waals surface area contributed by atoms with Crippen LogP contribution in [-0.2, 0) is 0 Å². The molecule has 3 rings (SSSR count). The zero-order valence-electron chi connectivity index (χ0n) is 12.1. The Morgan fingerprint density at radius 3 is 2.71 bits per heavy atom. The van der Waals surface area contributed by atoms with Gasteiger partial charge in [0.15, 0.2) is 0 Å². The molecule has 0 bridgehead atoms. The molecule has 0 spiro atoms. The number of nitrogens with one attached hydrogen (secondary N) is 1. The van der Waals surface area contributed by atoms with E-state index in [0.717, 1.165) is 23.8 Å². The third kappa shape index (κ3) is 3.11. The molecule has 5 nitrogen and oxygen atoms in total. The van der Waals surface area contributed by atoms with E-state index in [-0.39, 0.29) is 5.91 Å². The number of amides is 1. The van der Waals surface area contributed by atoms with Crippen molar-refractivity contribution < 1.29 is 4.79 Å². The van der Waals surface area contributed by atoms with Gasteiger partial charge in [-0.05, 0) is 26.0 Å². The van der Waals surface area contributed by atoms with E-state index in [0.29, 0.717) is 17.0 Å². The van der Waals surface area contributed by atoms with Gasteiger partial charge in [-0.3, -0.25) is 9.78 Å². The first kappa shape index (κ1) is 14.2. The van der Waals surface area contributed by atoms with E-state index in [4.69, 9.17) is 0 Å². The molecule has 21 heavy (non-hydrogen) atoms. The first-order chi connectivity index (χ1) is 10.1. The fourth-order valence-electron chi connectivity index (χ4n) is 2.63. The lowest BCUT2D eigenvalue weighted by Gasteiger charge is -2.35. The summed E-state index contributed by atoms with van der Waals surface area (Å²) in [5, 5.41) is 4.22. The third-order valence-corrected chi connectivity index (χ3v) is 4.45. The van der Waals surface area contributed by atoms with Crippen molar-refractivity contribution in [2.75, 3.05) is 13.1 Å². The van der Waals surface area contributed by atoms with Gasteiger partial charge in [0.2, 0.25) is 0 Å². The van der Waals surface area contributed by atoms with Crippen molar-refractivity contribution in [1.29, 1.82) is 0 Å². The quantitative estimate of drug-likeness (QED) is 0.922. The summed E-state index contributed by atoms with van der Waals surface area (Å²) >= 11 is 1.40. The van der Waals surface area contributed by atoms with Crippen LogP contribution in [0, 0.1) is 0 Å². The zero-order valence-corrected chi connectivity index (χ0v) is 12.9. The van der Waals surface area contributed by atoms with Gasteiger partial charge >= 0.3 is 0 Å². The summed E-state index contributed by atoms with van der Waals surface area (Å²) in [5.74, 6) is 0.0647. The topological polar surface area (TPSA) is 58.1 Å². The van der Waals surface area contributed by atoms with Crippen molar-refractivity contribution in [3.8, 4) is 10.7 Å². The van der Waals surface area contributed by atoms with Gasteiger partial charge in [0.25, 0.3) is 5.91 Å². The Hall–Kier alpha value is -1.79. The SMILES string of the molecule is CC1CN(C(=O)c2cnc(-c3ccccn3)s2)CC(C)N1. The molecule has 3 heterocycles. The predicted octanol–water partition coefficient (Wildman–Crippen LogP) is 2.03. The Labute approximate surface area is 128 Å². The number of hydrogen-bond donors (Lipinski definition) is 1. The first-order valence-electron chi connectivity index (χ1n) is 7.06. The van der Waals surface area contributed by atoms with E-state index >= 15 is 0 Å². The second-order valence-electron chi connectivity index (χ2n) is 5.42. The van der Waals surface area contributed by atoms with E-state index in [9.17, 15) is 4.79 Å². The van der Waals surface area contributed by atoms with Gasteiger partial charge in [0.05, 0.1) is 11.9 Å². The predicted molar refractivity (Wildman–Crippen MR) is 83.3 cm³/mol. The highest BCUT2D eigenvalue weighted by atomic mass is 32.1. The molecule has 1 N–H and O–H groups in total. The Kier molecular flexibility index (Phi) is 3.98. The van der Waals surface area contributed by atoms with E-state index in [1.165, 1.54) is 11.3 Å². The molecule has 2 atom stereocenters. The maximum Gasteiger partial charge on any atom is 0.265 e. The third-order valence-electron chi connectivity index (χ3n) is 3.45. The molecule has 1 fully saturated rings. The van der Waals surface area contributed by atoms with Crippen LogP contribution in [0.25, 0.3) is 10.7 Å². The molecule has 1 saturated heterocycles. The van der Waals surface area contributed by atoms with E-state index in [1.807, 2.05) is 23.1 Å². The number of aromatic nitrogens is 2. The summed E-state index contributed by atoms with van der Waals surface area (Å²) in [6, 6.07) is 6.33. The average Bonchev–Trinajstić information content (AvgIpc) is 2.96. The Morgan fingerprint density at radius 2 is 2.05 bits per heavy atom. The van der Waals surface area contributed by atoms with Gasteiger partial charge in [-0.15, -0.1) is 11.3 Å². The molecule has 110 valence electrons. The van der Waals surface area contributed by atoms with Crippen LogP contribution in [0.4, 0.5) is 0 Å². The molecule has 0 aromatic carbocycles. The largest absolute Gasteiger partial charge is 0.335 e. The molecule has 1 amide bonds. The van der Waals surface area contributed by atoms with Crippen LogP contribution in [-0.4, -0.2) is 45.9 Å². The maximum absolute atomic E-state index is 12.6. The molecule has 2 aromatic heterocycles. The summed E-state index contributed by atoms with van der Waals surface area (Å²) in [5.41, 5.74) is 0.809. The van der Waals surface area contributed by atoms with Crippen LogP contribution in [0.2, 0.25) is 0 Å². The Bertz CT molecular complexity index is 618. The van der Waals surface area contributed by atoms with Crippen molar-refractivity contribution in [2.24, 2.45) is 0 Å². The highest BCUT2D eigenvalue weighted by molar-refractivity contribution is 7.16. The Balaban J connectivity index is 1.78. The molecule has 1 aliphatic rings. The lowest BCUT2D eigenvalue weighted by Crippen LogP contribution is -2.55. The van der Waals surface area contributed by atoms with Crippen LogP contribution >= 0.6 is 11.3 Å². The monoisotopic (exact) mass is 302 g/mol. The number of rotatable bonds is 2. The molecule has 0 aliphatic carbocycles. The van der Waals surface area contributed by atoms with Crippen LogP contribution in [0.1, 0.15) is 23.5 Å². The molecule has 1 aliphatic heterocycles.